The molecule has 1 amide bonds. The van der Waals surface area contributed by atoms with Gasteiger partial charge in [0.25, 0.3) is 5.91 Å². The average molecular weight is 334 g/mol. The molecule has 1 spiro atoms. The van der Waals surface area contributed by atoms with Crippen molar-refractivity contribution in [2.75, 3.05) is 18.4 Å². The van der Waals surface area contributed by atoms with Crippen LogP contribution in [0.4, 0.5) is 5.69 Å². The Labute approximate surface area is 147 Å². The van der Waals surface area contributed by atoms with Gasteiger partial charge >= 0.3 is 0 Å². The second kappa shape index (κ2) is 5.92. The third-order valence-electron chi connectivity index (χ3n) is 5.08. The number of nitrogens with two attached hydrogens (primary N) is 1. The number of aliphatic imine (C=N–C) groups is 1. The first-order valence-corrected chi connectivity index (χ1v) is 8.65. The Hall–Kier alpha value is -2.82. The number of hydrogen-bond acceptors (Lipinski definition) is 4. The van der Waals surface area contributed by atoms with Gasteiger partial charge in [0.2, 0.25) is 0 Å². The van der Waals surface area contributed by atoms with Crippen LogP contribution in [-0.4, -0.2) is 35.4 Å². The molecule has 2 aliphatic heterocycles. The fourth-order valence-corrected chi connectivity index (χ4v) is 3.58. The molecule has 2 heterocycles. The first-order valence-electron chi connectivity index (χ1n) is 8.65. The molecule has 0 atom stereocenters. The molecule has 3 N–H and O–H groups in total. The molecule has 0 aromatic heterocycles. The number of piperidine rings is 1. The van der Waals surface area contributed by atoms with E-state index in [4.69, 9.17) is 10.7 Å². The summed E-state index contributed by atoms with van der Waals surface area (Å²) in [6.07, 6.45) is 1.50. The number of aryl methyl sites for hydroxylation is 1. The van der Waals surface area contributed by atoms with E-state index in [2.05, 4.69) is 5.32 Å². The van der Waals surface area contributed by atoms with Gasteiger partial charge in [0.05, 0.1) is 0 Å². The molecule has 2 aromatic rings. The first kappa shape index (κ1) is 15.7. The van der Waals surface area contributed by atoms with E-state index in [1.807, 2.05) is 60.4 Å². The van der Waals surface area contributed by atoms with E-state index in [0.29, 0.717) is 18.9 Å². The van der Waals surface area contributed by atoms with Crippen molar-refractivity contribution in [3.63, 3.8) is 0 Å². The summed E-state index contributed by atoms with van der Waals surface area (Å²) in [5.74, 6) is 0.663. The van der Waals surface area contributed by atoms with Crippen LogP contribution < -0.4 is 11.1 Å². The molecular formula is C20H22N4O. The number of carbonyl (C=O) groups excluding carboxylic acids is 1. The van der Waals surface area contributed by atoms with E-state index in [1.165, 1.54) is 0 Å². The summed E-state index contributed by atoms with van der Waals surface area (Å²) in [5, 5.41) is 3.54. The molecule has 4 rings (SSSR count). The number of amides is 1. The SMILES string of the molecule is Cc1ccc(C(=O)N2CCC3(CC2)N=C(N)c2ccccc2N3)cc1. The van der Waals surface area contributed by atoms with Crippen LogP contribution in [0.5, 0.6) is 0 Å². The summed E-state index contributed by atoms with van der Waals surface area (Å²) in [7, 11) is 0. The van der Waals surface area contributed by atoms with Gasteiger partial charge in [-0.1, -0.05) is 29.8 Å². The number of para-hydroxylation sites is 1. The lowest BCUT2D eigenvalue weighted by Crippen LogP contribution is -2.52. The van der Waals surface area contributed by atoms with Gasteiger partial charge in [-0.3, -0.25) is 4.79 Å². The molecule has 2 aromatic carbocycles. The van der Waals surface area contributed by atoms with Crippen molar-refractivity contribution in [3.8, 4) is 0 Å². The maximum absolute atomic E-state index is 12.7. The number of fused-ring (bicyclic) bond motifs is 1. The highest BCUT2D eigenvalue weighted by atomic mass is 16.2. The predicted molar refractivity (Wildman–Crippen MR) is 99.8 cm³/mol. The lowest BCUT2D eigenvalue weighted by molar-refractivity contribution is 0.0685. The Bertz CT molecular complexity index is 833. The van der Waals surface area contributed by atoms with Gasteiger partial charge in [-0.25, -0.2) is 4.99 Å². The zero-order valence-corrected chi connectivity index (χ0v) is 14.3. The highest BCUT2D eigenvalue weighted by molar-refractivity contribution is 6.04. The lowest BCUT2D eigenvalue weighted by Gasteiger charge is -2.42. The molecule has 128 valence electrons. The summed E-state index contributed by atoms with van der Waals surface area (Å²) in [4.78, 5) is 19.3. The van der Waals surface area contributed by atoms with Crippen LogP contribution in [0.2, 0.25) is 0 Å². The van der Waals surface area contributed by atoms with Crippen molar-refractivity contribution in [3.05, 3.63) is 65.2 Å². The standard InChI is InChI=1S/C20H22N4O/c1-14-6-8-15(9-7-14)19(25)24-12-10-20(11-13-24)22-17-5-3-2-4-16(17)18(21)23-20/h2-9,22H,10-13H2,1H3,(H2,21,23). The molecule has 0 aliphatic carbocycles. The first-order chi connectivity index (χ1) is 12.1. The third kappa shape index (κ3) is 2.86. The summed E-state index contributed by atoms with van der Waals surface area (Å²) >= 11 is 0. The second-order valence-corrected chi connectivity index (χ2v) is 6.86. The van der Waals surface area contributed by atoms with Crippen LogP contribution in [0.3, 0.4) is 0 Å². The number of nitrogens with zero attached hydrogens (tertiary/aromatic N) is 2. The average Bonchev–Trinajstić information content (AvgIpc) is 2.62. The fourth-order valence-electron chi connectivity index (χ4n) is 3.58. The van der Waals surface area contributed by atoms with E-state index in [1.54, 1.807) is 0 Å². The van der Waals surface area contributed by atoms with Crippen LogP contribution in [0.1, 0.15) is 34.3 Å². The van der Waals surface area contributed by atoms with Crippen molar-refractivity contribution < 1.29 is 4.79 Å². The molecule has 1 fully saturated rings. The van der Waals surface area contributed by atoms with Crippen molar-refractivity contribution >= 4 is 17.4 Å². The van der Waals surface area contributed by atoms with Gasteiger partial charge in [0.1, 0.15) is 11.5 Å². The number of likely N-dealkylation sites (tertiary alicyclic amines) is 1. The smallest absolute Gasteiger partial charge is 0.253 e. The minimum absolute atomic E-state index is 0.0861. The van der Waals surface area contributed by atoms with Gasteiger partial charge in [-0.2, -0.15) is 0 Å². The van der Waals surface area contributed by atoms with Crippen LogP contribution in [0.25, 0.3) is 0 Å². The van der Waals surface area contributed by atoms with Crippen molar-refractivity contribution in [1.29, 1.82) is 0 Å². The number of carbonyl (C=O) groups is 1. The Kier molecular flexibility index (Phi) is 3.71. The maximum atomic E-state index is 12.7. The highest BCUT2D eigenvalue weighted by Gasteiger charge is 2.38. The number of nitrogens with one attached hydrogen (secondary N) is 1. The van der Waals surface area contributed by atoms with Gasteiger partial charge in [0, 0.05) is 42.7 Å². The molecular weight excluding hydrogens is 312 g/mol. The maximum Gasteiger partial charge on any atom is 0.253 e. The van der Waals surface area contributed by atoms with Crippen molar-refractivity contribution in [1.82, 2.24) is 4.90 Å². The molecule has 5 heteroatoms. The number of hydrogen-bond donors (Lipinski definition) is 2. The van der Waals surface area contributed by atoms with Crippen molar-refractivity contribution in [2.45, 2.75) is 25.4 Å². The largest absolute Gasteiger partial charge is 0.383 e. The Balaban J connectivity index is 1.49. The molecule has 0 radical (unpaired) electrons. The van der Waals surface area contributed by atoms with Crippen LogP contribution in [0.15, 0.2) is 53.5 Å². The van der Waals surface area contributed by atoms with Crippen molar-refractivity contribution in [2.24, 2.45) is 10.7 Å². The van der Waals surface area contributed by atoms with Gasteiger partial charge in [-0.15, -0.1) is 0 Å². The number of rotatable bonds is 1. The molecule has 0 bridgehead atoms. The molecule has 5 nitrogen and oxygen atoms in total. The minimum Gasteiger partial charge on any atom is -0.383 e. The Morgan fingerprint density at radius 3 is 2.52 bits per heavy atom. The monoisotopic (exact) mass is 334 g/mol. The van der Waals surface area contributed by atoms with E-state index < -0.39 is 5.66 Å². The minimum atomic E-state index is -0.400. The van der Waals surface area contributed by atoms with Crippen LogP contribution in [0, 0.1) is 6.92 Å². The molecule has 0 unspecified atom stereocenters. The van der Waals surface area contributed by atoms with Gasteiger partial charge < -0.3 is 16.0 Å². The Morgan fingerprint density at radius 1 is 1.12 bits per heavy atom. The van der Waals surface area contributed by atoms with Crippen LogP contribution >= 0.6 is 0 Å². The summed E-state index contributed by atoms with van der Waals surface area (Å²) in [6.45, 7) is 3.35. The number of amidine groups is 1. The molecule has 1 saturated heterocycles. The van der Waals surface area contributed by atoms with Gasteiger partial charge in [-0.05, 0) is 31.2 Å². The van der Waals surface area contributed by atoms with E-state index in [9.17, 15) is 4.79 Å². The zero-order valence-electron chi connectivity index (χ0n) is 14.3. The topological polar surface area (TPSA) is 70.7 Å². The molecule has 2 aliphatic rings. The highest BCUT2D eigenvalue weighted by Crippen LogP contribution is 2.34. The third-order valence-corrected chi connectivity index (χ3v) is 5.08. The summed E-state index contributed by atoms with van der Waals surface area (Å²) < 4.78 is 0. The van der Waals surface area contributed by atoms with E-state index >= 15 is 0 Å². The van der Waals surface area contributed by atoms with E-state index in [-0.39, 0.29) is 5.91 Å². The Morgan fingerprint density at radius 2 is 1.80 bits per heavy atom. The number of anilines is 1. The normalized spacial score (nSPS) is 18.3. The lowest BCUT2D eigenvalue weighted by atomic mass is 9.93. The number of benzene rings is 2. The fraction of sp³-hybridized carbons (Fsp3) is 0.300. The van der Waals surface area contributed by atoms with Gasteiger partial charge in [0.15, 0.2) is 0 Å². The summed E-state index contributed by atoms with van der Waals surface area (Å²) in [5.41, 5.74) is 9.65. The second-order valence-electron chi connectivity index (χ2n) is 6.86. The van der Waals surface area contributed by atoms with Crippen LogP contribution in [-0.2, 0) is 0 Å². The summed E-state index contributed by atoms with van der Waals surface area (Å²) in [6, 6.07) is 15.7. The molecule has 25 heavy (non-hydrogen) atoms. The molecule has 0 saturated carbocycles. The quantitative estimate of drug-likeness (QED) is 0.842. The predicted octanol–water partition coefficient (Wildman–Crippen LogP) is 2.76. The zero-order chi connectivity index (χ0) is 17.4. The van der Waals surface area contributed by atoms with E-state index in [0.717, 1.165) is 35.2 Å².